The van der Waals surface area contributed by atoms with Crippen molar-refractivity contribution in [1.82, 2.24) is 0 Å². The Balaban J connectivity index is 2.64. The third-order valence-electron chi connectivity index (χ3n) is 4.51. The lowest BCUT2D eigenvalue weighted by Gasteiger charge is -2.16. The highest BCUT2D eigenvalue weighted by molar-refractivity contribution is 6.21. The molecule has 1 aliphatic heterocycles. The van der Waals surface area contributed by atoms with Crippen molar-refractivity contribution < 1.29 is 14.6 Å². The monoisotopic (exact) mass is 350 g/mol. The molecule has 1 atom stereocenters. The minimum absolute atomic E-state index is 0.0677. The van der Waals surface area contributed by atoms with Crippen molar-refractivity contribution in [3.63, 3.8) is 0 Å². The van der Waals surface area contributed by atoms with Crippen molar-refractivity contribution in [2.24, 2.45) is 0 Å². The lowest BCUT2D eigenvalue weighted by atomic mass is 9.92. The SMILES string of the molecule is C=CC1=C(C=C)C(CCC(=C)O)O/C1=C(/C(C)=O)c1ccc(C)cc1C. The molecule has 0 spiro atoms. The van der Waals surface area contributed by atoms with Crippen molar-refractivity contribution in [2.75, 3.05) is 0 Å². The smallest absolute Gasteiger partial charge is 0.164 e. The Kier molecular flexibility index (Phi) is 6.04. The predicted molar refractivity (Wildman–Crippen MR) is 107 cm³/mol. The summed E-state index contributed by atoms with van der Waals surface area (Å²) in [5.41, 5.74) is 5.20. The molecular formula is C23H26O3. The molecule has 1 heterocycles. The fourth-order valence-electron chi connectivity index (χ4n) is 3.30. The summed E-state index contributed by atoms with van der Waals surface area (Å²) < 4.78 is 6.17. The number of ether oxygens (including phenoxy) is 1. The van der Waals surface area contributed by atoms with Crippen LogP contribution in [0.5, 0.6) is 0 Å². The van der Waals surface area contributed by atoms with Crippen molar-refractivity contribution in [3.05, 3.63) is 89.4 Å². The number of aliphatic hydroxyl groups excluding tert-OH is 1. The van der Waals surface area contributed by atoms with E-state index in [4.69, 9.17) is 4.74 Å². The zero-order chi connectivity index (χ0) is 19.4. The van der Waals surface area contributed by atoms with Gasteiger partial charge in [0.2, 0.25) is 0 Å². The number of rotatable bonds is 7. The molecule has 0 aromatic heterocycles. The van der Waals surface area contributed by atoms with Crippen LogP contribution in [0.1, 0.15) is 36.5 Å². The third kappa shape index (κ3) is 3.88. The van der Waals surface area contributed by atoms with Crippen LogP contribution in [0.2, 0.25) is 0 Å². The summed E-state index contributed by atoms with van der Waals surface area (Å²) in [6.45, 7) is 16.9. The van der Waals surface area contributed by atoms with Gasteiger partial charge in [0, 0.05) is 17.6 Å². The predicted octanol–water partition coefficient (Wildman–Crippen LogP) is 5.52. The van der Waals surface area contributed by atoms with Crippen molar-refractivity contribution in [3.8, 4) is 0 Å². The van der Waals surface area contributed by atoms with E-state index >= 15 is 0 Å². The van der Waals surface area contributed by atoms with Gasteiger partial charge in [-0.1, -0.05) is 55.7 Å². The molecule has 1 N–H and O–H groups in total. The molecule has 3 heteroatoms. The average molecular weight is 350 g/mol. The number of aliphatic hydroxyl groups is 1. The maximum absolute atomic E-state index is 12.5. The molecule has 1 aliphatic rings. The third-order valence-corrected chi connectivity index (χ3v) is 4.51. The van der Waals surface area contributed by atoms with Crippen LogP contribution in [-0.2, 0) is 9.53 Å². The number of allylic oxidation sites excluding steroid dienone is 3. The molecule has 3 nitrogen and oxygen atoms in total. The van der Waals surface area contributed by atoms with Gasteiger partial charge in [0.25, 0.3) is 0 Å². The Morgan fingerprint density at radius 2 is 1.96 bits per heavy atom. The van der Waals surface area contributed by atoms with Crippen molar-refractivity contribution >= 4 is 11.4 Å². The summed E-state index contributed by atoms with van der Waals surface area (Å²) in [6.07, 6.45) is 4.11. The van der Waals surface area contributed by atoms with Gasteiger partial charge in [-0.05, 0) is 38.3 Å². The van der Waals surface area contributed by atoms with Crippen LogP contribution < -0.4 is 0 Å². The van der Waals surface area contributed by atoms with Crippen LogP contribution >= 0.6 is 0 Å². The normalized spacial score (nSPS) is 18.3. The van der Waals surface area contributed by atoms with Crippen LogP contribution in [0.3, 0.4) is 0 Å². The first-order chi connectivity index (χ1) is 12.3. The van der Waals surface area contributed by atoms with Crippen LogP contribution in [0.25, 0.3) is 5.57 Å². The molecular weight excluding hydrogens is 324 g/mol. The molecule has 1 aromatic rings. The van der Waals surface area contributed by atoms with E-state index in [1.807, 2.05) is 32.0 Å². The highest BCUT2D eigenvalue weighted by atomic mass is 16.5. The van der Waals surface area contributed by atoms with Crippen LogP contribution in [0.4, 0.5) is 0 Å². The van der Waals surface area contributed by atoms with E-state index in [0.29, 0.717) is 24.2 Å². The van der Waals surface area contributed by atoms with E-state index < -0.39 is 0 Å². The summed E-state index contributed by atoms with van der Waals surface area (Å²) in [4.78, 5) is 12.5. The number of hydrogen-bond donors (Lipinski definition) is 1. The minimum Gasteiger partial charge on any atom is -0.513 e. The highest BCUT2D eigenvalue weighted by Gasteiger charge is 2.32. The van der Waals surface area contributed by atoms with E-state index in [1.54, 1.807) is 19.1 Å². The summed E-state index contributed by atoms with van der Waals surface area (Å²) in [5, 5.41) is 9.42. The minimum atomic E-state index is -0.292. The largest absolute Gasteiger partial charge is 0.513 e. The Morgan fingerprint density at radius 1 is 1.27 bits per heavy atom. The fraction of sp³-hybridized carbons (Fsp3) is 0.261. The van der Waals surface area contributed by atoms with Crippen molar-refractivity contribution in [1.29, 1.82) is 0 Å². The topological polar surface area (TPSA) is 46.5 Å². The molecule has 136 valence electrons. The quantitative estimate of drug-likeness (QED) is 0.520. The van der Waals surface area contributed by atoms with E-state index in [0.717, 1.165) is 27.8 Å². The molecule has 0 fully saturated rings. The highest BCUT2D eigenvalue weighted by Crippen LogP contribution is 2.39. The first kappa shape index (κ1) is 19.5. The van der Waals surface area contributed by atoms with Gasteiger partial charge < -0.3 is 9.84 Å². The van der Waals surface area contributed by atoms with Gasteiger partial charge in [-0.3, -0.25) is 4.79 Å². The maximum atomic E-state index is 12.5. The van der Waals surface area contributed by atoms with E-state index in [9.17, 15) is 9.90 Å². The first-order valence-electron chi connectivity index (χ1n) is 8.65. The van der Waals surface area contributed by atoms with Crippen LogP contribution in [-0.4, -0.2) is 17.0 Å². The van der Waals surface area contributed by atoms with Crippen LogP contribution in [0.15, 0.2) is 72.8 Å². The fourth-order valence-corrected chi connectivity index (χ4v) is 3.30. The number of carbonyl (C=O) groups is 1. The molecule has 26 heavy (non-hydrogen) atoms. The Bertz CT molecular complexity index is 837. The molecule has 1 unspecified atom stereocenters. The Morgan fingerprint density at radius 3 is 2.46 bits per heavy atom. The standard InChI is InChI=1S/C23H26O3/c1-7-18-19(8-2)23(26-21(18)12-10-16(5)24)22(17(6)25)20-11-9-14(3)13-15(20)4/h7-9,11,13,21,24H,1-2,5,10,12H2,3-4,6H3/b23-22-. The summed E-state index contributed by atoms with van der Waals surface area (Å²) in [7, 11) is 0. The van der Waals surface area contributed by atoms with Gasteiger partial charge >= 0.3 is 0 Å². The molecule has 0 bridgehead atoms. The van der Waals surface area contributed by atoms with Crippen molar-refractivity contribution in [2.45, 2.75) is 39.7 Å². The second kappa shape index (κ2) is 8.05. The number of Topliss-reactive ketones (excluding diaryl/α,β-unsaturated/α-hetero) is 1. The summed E-state index contributed by atoms with van der Waals surface area (Å²) in [5.74, 6) is 0.570. The molecule has 2 rings (SSSR count). The Hall–Kier alpha value is -2.81. The lowest BCUT2D eigenvalue weighted by Crippen LogP contribution is -2.10. The summed E-state index contributed by atoms with van der Waals surface area (Å²) in [6, 6.07) is 5.99. The zero-order valence-corrected chi connectivity index (χ0v) is 15.8. The zero-order valence-electron chi connectivity index (χ0n) is 15.8. The number of hydrogen-bond acceptors (Lipinski definition) is 3. The van der Waals surface area contributed by atoms with Gasteiger partial charge in [-0.2, -0.15) is 0 Å². The number of aryl methyl sites for hydroxylation is 2. The molecule has 0 radical (unpaired) electrons. The van der Waals surface area contributed by atoms with E-state index in [1.165, 1.54) is 0 Å². The molecule has 1 aromatic carbocycles. The second-order valence-corrected chi connectivity index (χ2v) is 6.57. The second-order valence-electron chi connectivity index (χ2n) is 6.57. The van der Waals surface area contributed by atoms with Gasteiger partial charge in [0.1, 0.15) is 11.9 Å². The average Bonchev–Trinajstić information content (AvgIpc) is 2.92. The van der Waals surface area contributed by atoms with E-state index in [2.05, 4.69) is 19.7 Å². The molecule has 0 amide bonds. The number of ketones is 1. The molecule has 0 saturated heterocycles. The molecule has 0 saturated carbocycles. The maximum Gasteiger partial charge on any atom is 0.164 e. The van der Waals surface area contributed by atoms with E-state index in [-0.39, 0.29) is 17.6 Å². The molecule has 0 aliphatic carbocycles. The number of carbonyl (C=O) groups excluding carboxylic acids is 1. The number of benzene rings is 1. The van der Waals surface area contributed by atoms with Crippen LogP contribution in [0, 0.1) is 13.8 Å². The Labute approximate surface area is 155 Å². The van der Waals surface area contributed by atoms with Gasteiger partial charge in [-0.15, -0.1) is 0 Å². The first-order valence-corrected chi connectivity index (χ1v) is 8.65. The van der Waals surface area contributed by atoms with Gasteiger partial charge in [0.15, 0.2) is 5.78 Å². The lowest BCUT2D eigenvalue weighted by molar-refractivity contribution is -0.112. The van der Waals surface area contributed by atoms with Gasteiger partial charge in [-0.25, -0.2) is 0 Å². The van der Waals surface area contributed by atoms with Gasteiger partial charge in [0.05, 0.1) is 11.3 Å². The summed E-state index contributed by atoms with van der Waals surface area (Å²) >= 11 is 0.